The van der Waals surface area contributed by atoms with E-state index in [-0.39, 0.29) is 23.0 Å². The van der Waals surface area contributed by atoms with Crippen molar-refractivity contribution in [2.24, 2.45) is 0 Å². The van der Waals surface area contributed by atoms with Crippen LogP contribution in [0.15, 0.2) is 47.4 Å². The molecule has 0 fully saturated rings. The van der Waals surface area contributed by atoms with Crippen LogP contribution in [-0.2, 0) is 14.8 Å². The smallest absolute Gasteiger partial charge is 0.245 e. The quantitative estimate of drug-likeness (QED) is 0.720. The number of amides is 1. The van der Waals surface area contributed by atoms with Gasteiger partial charge in [-0.25, -0.2) is 8.42 Å². The lowest BCUT2D eigenvalue weighted by molar-refractivity contribution is -0.116. The second kappa shape index (κ2) is 9.21. The van der Waals surface area contributed by atoms with Gasteiger partial charge < -0.3 is 10.1 Å². The van der Waals surface area contributed by atoms with Crippen molar-refractivity contribution < 1.29 is 17.9 Å². The average Bonchev–Trinajstić information content (AvgIpc) is 2.61. The number of carbonyl (C=O) groups excluding carboxylic acids is 1. The van der Waals surface area contributed by atoms with Crippen LogP contribution in [0.5, 0.6) is 5.75 Å². The molecule has 0 radical (unpaired) electrons. The highest BCUT2D eigenvalue weighted by Crippen LogP contribution is 2.26. The number of sulfonamides is 1. The summed E-state index contributed by atoms with van der Waals surface area (Å²) in [6.07, 6.45) is 0.560. The fourth-order valence-electron chi connectivity index (χ4n) is 2.59. The molecule has 6 nitrogen and oxygen atoms in total. The first-order valence-corrected chi connectivity index (χ1v) is 10.3. The highest BCUT2D eigenvalue weighted by molar-refractivity contribution is 7.89. The van der Waals surface area contributed by atoms with Crippen molar-refractivity contribution in [2.45, 2.75) is 25.2 Å². The van der Waals surface area contributed by atoms with Crippen LogP contribution in [0.25, 0.3) is 0 Å². The van der Waals surface area contributed by atoms with Gasteiger partial charge in [0.25, 0.3) is 0 Å². The molecule has 27 heavy (non-hydrogen) atoms. The molecule has 0 bridgehead atoms. The number of benzene rings is 2. The highest BCUT2D eigenvalue weighted by atomic mass is 35.5. The van der Waals surface area contributed by atoms with Gasteiger partial charge in [-0.3, -0.25) is 4.79 Å². The van der Waals surface area contributed by atoms with Crippen molar-refractivity contribution in [2.75, 3.05) is 25.5 Å². The molecule has 2 aromatic carbocycles. The highest BCUT2D eigenvalue weighted by Gasteiger charge is 2.28. The van der Waals surface area contributed by atoms with E-state index in [0.717, 1.165) is 9.87 Å². The van der Waals surface area contributed by atoms with Gasteiger partial charge in [0.15, 0.2) is 0 Å². The number of aryl methyl sites for hydroxylation is 1. The number of rotatable bonds is 8. The molecule has 1 amide bonds. The Morgan fingerprint density at radius 1 is 1.22 bits per heavy atom. The number of ether oxygens (including phenoxy) is 1. The number of para-hydroxylation sites is 2. The third-order valence-corrected chi connectivity index (χ3v) is 6.21. The summed E-state index contributed by atoms with van der Waals surface area (Å²) in [6, 6.07) is 11.7. The molecule has 0 heterocycles. The molecule has 0 aliphatic rings. The zero-order valence-corrected chi connectivity index (χ0v) is 17.1. The molecule has 2 aromatic rings. The average molecular weight is 411 g/mol. The zero-order valence-electron chi connectivity index (χ0n) is 15.5. The van der Waals surface area contributed by atoms with Gasteiger partial charge in [-0.1, -0.05) is 36.7 Å². The molecule has 0 saturated carbocycles. The summed E-state index contributed by atoms with van der Waals surface area (Å²) in [5.41, 5.74) is 1.34. The van der Waals surface area contributed by atoms with Crippen molar-refractivity contribution in [3.63, 3.8) is 0 Å². The zero-order chi connectivity index (χ0) is 20.0. The molecule has 0 unspecified atom stereocenters. The van der Waals surface area contributed by atoms with Crippen LogP contribution < -0.4 is 10.1 Å². The topological polar surface area (TPSA) is 75.7 Å². The van der Waals surface area contributed by atoms with Gasteiger partial charge in [0, 0.05) is 6.54 Å². The Labute approximate surface area is 165 Å². The Morgan fingerprint density at radius 2 is 1.93 bits per heavy atom. The molecule has 146 valence electrons. The number of hydrogen-bond donors (Lipinski definition) is 1. The minimum absolute atomic E-state index is 0.00620. The second-order valence-electron chi connectivity index (χ2n) is 6.02. The molecule has 0 aliphatic carbocycles. The van der Waals surface area contributed by atoms with Crippen molar-refractivity contribution in [3.8, 4) is 5.75 Å². The molecular formula is C19H23ClN2O4S. The molecule has 1 N–H and O–H groups in total. The molecular weight excluding hydrogens is 388 g/mol. The standard InChI is InChI=1S/C19H23ClN2O4S/c1-4-11-22(27(24,25)18-10-9-14(2)12-15(18)20)13-19(23)21-16-7-5-6-8-17(16)26-3/h5-10,12H,4,11,13H2,1-3H3,(H,21,23). The Kier molecular flexibility index (Phi) is 7.24. The Balaban J connectivity index is 2.24. The molecule has 0 atom stereocenters. The lowest BCUT2D eigenvalue weighted by atomic mass is 10.2. The summed E-state index contributed by atoms with van der Waals surface area (Å²) in [4.78, 5) is 12.5. The summed E-state index contributed by atoms with van der Waals surface area (Å²) in [5.74, 6) is 0.0390. The summed E-state index contributed by atoms with van der Waals surface area (Å²) < 4.78 is 32.3. The van der Waals surface area contributed by atoms with Crippen LogP contribution in [0.3, 0.4) is 0 Å². The maximum atomic E-state index is 13.0. The number of methoxy groups -OCH3 is 1. The maximum absolute atomic E-state index is 13.0. The van der Waals surface area contributed by atoms with E-state index in [9.17, 15) is 13.2 Å². The van der Waals surface area contributed by atoms with Gasteiger partial charge in [0.05, 0.1) is 24.4 Å². The van der Waals surface area contributed by atoms with Crippen LogP contribution in [0, 0.1) is 6.92 Å². The summed E-state index contributed by atoms with van der Waals surface area (Å²) in [6.45, 7) is 3.55. The van der Waals surface area contributed by atoms with E-state index >= 15 is 0 Å². The van der Waals surface area contributed by atoms with Gasteiger partial charge in [0.2, 0.25) is 15.9 Å². The molecule has 8 heteroatoms. The van der Waals surface area contributed by atoms with Gasteiger partial charge in [-0.15, -0.1) is 0 Å². The number of anilines is 1. The number of halogens is 1. The first-order valence-electron chi connectivity index (χ1n) is 8.48. The van der Waals surface area contributed by atoms with E-state index in [1.807, 2.05) is 13.8 Å². The van der Waals surface area contributed by atoms with Gasteiger partial charge in [-0.2, -0.15) is 4.31 Å². The van der Waals surface area contributed by atoms with Crippen LogP contribution in [-0.4, -0.2) is 38.8 Å². The number of nitrogens with zero attached hydrogens (tertiary/aromatic N) is 1. The van der Waals surface area contributed by atoms with E-state index in [1.54, 1.807) is 36.4 Å². The first-order chi connectivity index (χ1) is 12.8. The van der Waals surface area contributed by atoms with Crippen molar-refractivity contribution in [1.29, 1.82) is 0 Å². The first kappa shape index (κ1) is 21.2. The fourth-order valence-corrected chi connectivity index (χ4v) is 4.65. The minimum atomic E-state index is -3.90. The minimum Gasteiger partial charge on any atom is -0.495 e. The van der Waals surface area contributed by atoms with Crippen LogP contribution >= 0.6 is 11.6 Å². The predicted octanol–water partition coefficient (Wildman–Crippen LogP) is 3.70. The van der Waals surface area contributed by atoms with E-state index in [2.05, 4.69) is 5.32 Å². The largest absolute Gasteiger partial charge is 0.495 e. The van der Waals surface area contributed by atoms with Crippen LogP contribution in [0.2, 0.25) is 5.02 Å². The number of carbonyl (C=O) groups is 1. The molecule has 0 saturated heterocycles. The Bertz CT molecular complexity index is 916. The molecule has 2 rings (SSSR count). The van der Waals surface area contributed by atoms with Crippen LogP contribution in [0.1, 0.15) is 18.9 Å². The Morgan fingerprint density at radius 3 is 2.56 bits per heavy atom. The van der Waals surface area contributed by atoms with Gasteiger partial charge in [-0.05, 0) is 43.2 Å². The lowest BCUT2D eigenvalue weighted by Gasteiger charge is -2.22. The normalized spacial score (nSPS) is 11.4. The summed E-state index contributed by atoms with van der Waals surface area (Å²) in [7, 11) is -2.41. The van der Waals surface area contributed by atoms with Crippen molar-refractivity contribution >= 4 is 33.2 Å². The SMILES string of the molecule is CCCN(CC(=O)Nc1ccccc1OC)S(=O)(=O)c1ccc(C)cc1Cl. The molecule has 0 aliphatic heterocycles. The van der Waals surface area contributed by atoms with Crippen molar-refractivity contribution in [3.05, 3.63) is 53.1 Å². The van der Waals surface area contributed by atoms with Gasteiger partial charge in [0.1, 0.15) is 10.6 Å². The van der Waals surface area contributed by atoms with Gasteiger partial charge >= 0.3 is 0 Å². The lowest BCUT2D eigenvalue weighted by Crippen LogP contribution is -2.38. The van der Waals surface area contributed by atoms with E-state index in [4.69, 9.17) is 16.3 Å². The summed E-state index contributed by atoms with van der Waals surface area (Å²) in [5, 5.41) is 2.83. The monoisotopic (exact) mass is 410 g/mol. The third-order valence-electron chi connectivity index (χ3n) is 3.88. The predicted molar refractivity (Wildman–Crippen MR) is 107 cm³/mol. The molecule has 0 spiro atoms. The maximum Gasteiger partial charge on any atom is 0.245 e. The van der Waals surface area contributed by atoms with E-state index in [0.29, 0.717) is 17.9 Å². The molecule has 0 aromatic heterocycles. The van der Waals surface area contributed by atoms with E-state index in [1.165, 1.54) is 13.2 Å². The van der Waals surface area contributed by atoms with Crippen LogP contribution in [0.4, 0.5) is 5.69 Å². The fraction of sp³-hybridized carbons (Fsp3) is 0.316. The Hall–Kier alpha value is -2.09. The number of hydrogen-bond acceptors (Lipinski definition) is 4. The summed E-state index contributed by atoms with van der Waals surface area (Å²) >= 11 is 6.14. The van der Waals surface area contributed by atoms with Crippen molar-refractivity contribution in [1.82, 2.24) is 4.31 Å². The number of nitrogens with one attached hydrogen (secondary N) is 1. The van der Waals surface area contributed by atoms with E-state index < -0.39 is 15.9 Å². The second-order valence-corrected chi connectivity index (χ2v) is 8.33. The third kappa shape index (κ3) is 5.22.